The first-order valence-electron chi connectivity index (χ1n) is 8.04. The van der Waals surface area contributed by atoms with Gasteiger partial charge in [-0.1, -0.05) is 24.9 Å². The van der Waals surface area contributed by atoms with Crippen LogP contribution in [-0.4, -0.2) is 52.7 Å². The predicted molar refractivity (Wildman–Crippen MR) is 91.1 cm³/mol. The van der Waals surface area contributed by atoms with E-state index in [0.29, 0.717) is 31.3 Å². The second kappa shape index (κ2) is 7.34. The SMILES string of the molecule is CCCc1c(Cl)ncnc1N1CCN(C(=O)OC(C)(C)C)CC1. The normalized spacial score (nSPS) is 15.7. The molecule has 1 aliphatic rings. The standard InChI is InChI=1S/C16H25ClN4O2/c1-5-6-12-13(17)18-11-19-14(12)20-7-9-21(10-8-20)15(22)23-16(2,3)4/h11H,5-10H2,1-4H3. The molecular formula is C16H25ClN4O2. The molecule has 0 atom stereocenters. The van der Waals surface area contributed by atoms with Crippen LogP contribution in [0.4, 0.5) is 10.6 Å². The van der Waals surface area contributed by atoms with Gasteiger partial charge in [-0.2, -0.15) is 0 Å². The van der Waals surface area contributed by atoms with Crippen LogP contribution in [0.1, 0.15) is 39.7 Å². The van der Waals surface area contributed by atoms with Gasteiger partial charge in [0.2, 0.25) is 0 Å². The molecule has 1 fully saturated rings. The van der Waals surface area contributed by atoms with E-state index in [9.17, 15) is 4.79 Å². The van der Waals surface area contributed by atoms with Crippen LogP contribution in [0.15, 0.2) is 6.33 Å². The minimum atomic E-state index is -0.470. The zero-order valence-electron chi connectivity index (χ0n) is 14.3. The van der Waals surface area contributed by atoms with Crippen LogP contribution in [0.2, 0.25) is 5.15 Å². The molecule has 0 unspecified atom stereocenters. The maximum Gasteiger partial charge on any atom is 0.410 e. The van der Waals surface area contributed by atoms with Crippen LogP contribution >= 0.6 is 11.6 Å². The van der Waals surface area contributed by atoms with Crippen LogP contribution in [0.5, 0.6) is 0 Å². The second-order valence-electron chi connectivity index (χ2n) is 6.67. The molecule has 1 aliphatic heterocycles. The van der Waals surface area contributed by atoms with Gasteiger partial charge in [0.25, 0.3) is 0 Å². The number of halogens is 1. The van der Waals surface area contributed by atoms with E-state index < -0.39 is 5.60 Å². The van der Waals surface area contributed by atoms with Crippen LogP contribution in [-0.2, 0) is 11.2 Å². The summed E-state index contributed by atoms with van der Waals surface area (Å²) in [6, 6.07) is 0. The number of aromatic nitrogens is 2. The Morgan fingerprint density at radius 1 is 1.26 bits per heavy atom. The van der Waals surface area contributed by atoms with Crippen molar-refractivity contribution < 1.29 is 9.53 Å². The summed E-state index contributed by atoms with van der Waals surface area (Å²) in [5.41, 5.74) is 0.519. The largest absolute Gasteiger partial charge is 0.444 e. The maximum atomic E-state index is 12.1. The first-order valence-corrected chi connectivity index (χ1v) is 8.42. The van der Waals surface area contributed by atoms with Crippen molar-refractivity contribution in [3.05, 3.63) is 17.0 Å². The zero-order valence-corrected chi connectivity index (χ0v) is 15.1. The van der Waals surface area contributed by atoms with Crippen molar-refractivity contribution in [2.75, 3.05) is 31.1 Å². The van der Waals surface area contributed by atoms with Crippen molar-refractivity contribution in [2.45, 2.75) is 46.1 Å². The van der Waals surface area contributed by atoms with Crippen LogP contribution in [0.3, 0.4) is 0 Å². The topological polar surface area (TPSA) is 58.6 Å². The van der Waals surface area contributed by atoms with Crippen LogP contribution < -0.4 is 4.90 Å². The summed E-state index contributed by atoms with van der Waals surface area (Å²) in [5.74, 6) is 0.885. The summed E-state index contributed by atoms with van der Waals surface area (Å²) in [4.78, 5) is 24.5. The molecule has 1 amide bonds. The highest BCUT2D eigenvalue weighted by Gasteiger charge is 2.27. The Labute approximate surface area is 142 Å². The van der Waals surface area contributed by atoms with Gasteiger partial charge in [-0.25, -0.2) is 14.8 Å². The first-order chi connectivity index (χ1) is 10.8. The number of ether oxygens (including phenoxy) is 1. The van der Waals surface area contributed by atoms with E-state index in [1.54, 1.807) is 4.90 Å². The molecule has 7 heteroatoms. The van der Waals surface area contributed by atoms with Crippen molar-refractivity contribution in [1.82, 2.24) is 14.9 Å². The Hall–Kier alpha value is -1.56. The molecule has 0 radical (unpaired) electrons. The Balaban J connectivity index is 2.02. The fourth-order valence-electron chi connectivity index (χ4n) is 2.55. The summed E-state index contributed by atoms with van der Waals surface area (Å²) in [7, 11) is 0. The smallest absolute Gasteiger partial charge is 0.410 e. The highest BCUT2D eigenvalue weighted by atomic mass is 35.5. The van der Waals surface area contributed by atoms with E-state index in [2.05, 4.69) is 21.8 Å². The third-order valence-electron chi connectivity index (χ3n) is 3.60. The van der Waals surface area contributed by atoms with E-state index >= 15 is 0 Å². The number of hydrogen-bond donors (Lipinski definition) is 0. The second-order valence-corrected chi connectivity index (χ2v) is 7.03. The molecule has 1 saturated heterocycles. The van der Waals surface area contributed by atoms with Gasteiger partial charge in [0.15, 0.2) is 0 Å². The monoisotopic (exact) mass is 340 g/mol. The molecule has 0 aromatic carbocycles. The molecule has 2 heterocycles. The minimum absolute atomic E-state index is 0.258. The highest BCUT2D eigenvalue weighted by Crippen LogP contribution is 2.26. The lowest BCUT2D eigenvalue weighted by Crippen LogP contribution is -2.50. The van der Waals surface area contributed by atoms with E-state index in [1.807, 2.05) is 20.8 Å². The Kier molecular flexibility index (Phi) is 5.68. The molecule has 1 aromatic rings. The molecule has 2 rings (SSSR count). The van der Waals surface area contributed by atoms with Gasteiger partial charge in [-0.15, -0.1) is 0 Å². The molecule has 0 saturated carbocycles. The molecule has 1 aromatic heterocycles. The molecule has 23 heavy (non-hydrogen) atoms. The number of rotatable bonds is 3. The third-order valence-corrected chi connectivity index (χ3v) is 3.93. The molecule has 0 N–H and O–H groups in total. The summed E-state index contributed by atoms with van der Waals surface area (Å²) < 4.78 is 5.42. The Morgan fingerprint density at radius 3 is 2.48 bits per heavy atom. The lowest BCUT2D eigenvalue weighted by molar-refractivity contribution is 0.0240. The molecule has 6 nitrogen and oxygen atoms in total. The van der Waals surface area contributed by atoms with Gasteiger partial charge in [0, 0.05) is 31.7 Å². The molecular weight excluding hydrogens is 316 g/mol. The fourth-order valence-corrected chi connectivity index (χ4v) is 2.77. The summed E-state index contributed by atoms with van der Waals surface area (Å²) in [6.07, 6.45) is 3.07. The van der Waals surface area contributed by atoms with Crippen molar-refractivity contribution in [1.29, 1.82) is 0 Å². The number of nitrogens with zero attached hydrogens (tertiary/aromatic N) is 4. The molecule has 0 bridgehead atoms. The molecule has 128 valence electrons. The van der Waals surface area contributed by atoms with Gasteiger partial charge < -0.3 is 14.5 Å². The maximum absolute atomic E-state index is 12.1. The first kappa shape index (κ1) is 17.8. The Morgan fingerprint density at radius 2 is 1.91 bits per heavy atom. The molecule has 0 aliphatic carbocycles. The van der Waals surface area contributed by atoms with E-state index in [1.165, 1.54) is 6.33 Å². The van der Waals surface area contributed by atoms with Gasteiger partial charge in [-0.05, 0) is 27.2 Å². The Bertz CT molecular complexity index is 552. The average molecular weight is 341 g/mol. The quantitative estimate of drug-likeness (QED) is 0.791. The fraction of sp³-hybridized carbons (Fsp3) is 0.688. The number of hydrogen-bond acceptors (Lipinski definition) is 5. The van der Waals surface area contributed by atoms with E-state index in [4.69, 9.17) is 16.3 Å². The van der Waals surface area contributed by atoms with Crippen molar-refractivity contribution in [3.63, 3.8) is 0 Å². The summed E-state index contributed by atoms with van der Waals surface area (Å²) in [5, 5.41) is 0.520. The highest BCUT2D eigenvalue weighted by molar-refractivity contribution is 6.30. The number of carbonyl (C=O) groups is 1. The van der Waals surface area contributed by atoms with E-state index in [0.717, 1.165) is 24.2 Å². The van der Waals surface area contributed by atoms with Crippen molar-refractivity contribution in [3.8, 4) is 0 Å². The summed E-state index contributed by atoms with van der Waals surface area (Å²) in [6.45, 7) is 10.4. The average Bonchev–Trinajstić information content (AvgIpc) is 2.48. The predicted octanol–water partition coefficient (Wildman–Crippen LogP) is 3.14. The van der Waals surface area contributed by atoms with Gasteiger partial charge >= 0.3 is 6.09 Å². The van der Waals surface area contributed by atoms with Gasteiger partial charge in [0.1, 0.15) is 22.9 Å². The van der Waals surface area contributed by atoms with Crippen molar-refractivity contribution in [2.24, 2.45) is 0 Å². The molecule has 0 spiro atoms. The third kappa shape index (κ3) is 4.70. The number of piperazine rings is 1. The van der Waals surface area contributed by atoms with Gasteiger partial charge in [0.05, 0.1) is 0 Å². The van der Waals surface area contributed by atoms with Crippen LogP contribution in [0, 0.1) is 0 Å². The lowest BCUT2D eigenvalue weighted by Gasteiger charge is -2.36. The minimum Gasteiger partial charge on any atom is -0.444 e. The van der Waals surface area contributed by atoms with E-state index in [-0.39, 0.29) is 6.09 Å². The number of amides is 1. The number of carbonyl (C=O) groups excluding carboxylic acids is 1. The zero-order chi connectivity index (χ0) is 17.0. The van der Waals surface area contributed by atoms with Crippen LogP contribution in [0.25, 0.3) is 0 Å². The summed E-state index contributed by atoms with van der Waals surface area (Å²) >= 11 is 6.22. The number of anilines is 1. The van der Waals surface area contributed by atoms with Gasteiger partial charge in [-0.3, -0.25) is 0 Å². The van der Waals surface area contributed by atoms with Crippen molar-refractivity contribution >= 4 is 23.5 Å². The lowest BCUT2D eigenvalue weighted by atomic mass is 10.1.